The topological polar surface area (TPSA) is 704 Å². The van der Waals surface area contributed by atoms with Crippen molar-refractivity contribution in [2.45, 2.75) is 250 Å². The number of carbonyl (C=O) groups is 8. The van der Waals surface area contributed by atoms with Gasteiger partial charge in [-0.3, -0.25) is 48.6 Å². The number of rotatable bonds is 55. The third-order valence-electron chi connectivity index (χ3n) is 19.5. The van der Waals surface area contributed by atoms with Crippen LogP contribution in [0.1, 0.15) is 96.3 Å². The SMILES string of the molecule is O=C(O)CCCCCNC(=O)CN(CC(=O)NCCCCCNC(=O)CNCC(=O)NCCCCCC(=O)N(CCO[C@H]1O[C@H](CO)[C@@H](O)[C@H](O)[C@@H]1O)CCO[C@H]1O[C@H](CO)[C@@H](O)[C@H](O)[C@@H]1O)CC(=O)NCCCCCC(=O)NCCO[C@H]1O[C@H](CO[C@H]2O[C@H](CO)[C@@H](O)[C@H](O)[C@@H]2O)[C@@H](O)[C@H](O[C@H]2O[C@H](CO)[C@@H](O)[C@H](O)[C@@H]2O)[C@@H]1O. The van der Waals surface area contributed by atoms with Gasteiger partial charge in [-0.15, -0.1) is 0 Å². The van der Waals surface area contributed by atoms with Crippen molar-refractivity contribution in [1.29, 1.82) is 0 Å². The van der Waals surface area contributed by atoms with Crippen molar-refractivity contribution in [3.8, 4) is 0 Å². The first kappa shape index (κ1) is 100. The van der Waals surface area contributed by atoms with E-state index in [0.717, 1.165) is 0 Å². The number of nitrogens with one attached hydrogen (secondary N) is 7. The zero-order valence-electron chi connectivity index (χ0n) is 64.1. The zero-order chi connectivity index (χ0) is 84.7. The van der Waals surface area contributed by atoms with Gasteiger partial charge in [0.1, 0.15) is 122 Å². The number of carboxylic acid groups (broad SMARTS) is 1. The summed E-state index contributed by atoms with van der Waals surface area (Å²) in [4.78, 5) is 104. The predicted octanol–water partition coefficient (Wildman–Crippen LogP) is -13.6. The van der Waals surface area contributed by atoms with Gasteiger partial charge in [-0.2, -0.15) is 0 Å². The van der Waals surface area contributed by atoms with Gasteiger partial charge in [0.25, 0.3) is 0 Å². The molecule has 5 rings (SSSR count). The van der Waals surface area contributed by atoms with Crippen LogP contribution in [0.15, 0.2) is 0 Å². The van der Waals surface area contributed by atoms with Crippen molar-refractivity contribution in [1.82, 2.24) is 47.0 Å². The lowest BCUT2D eigenvalue weighted by Crippen LogP contribution is -2.65. The summed E-state index contributed by atoms with van der Waals surface area (Å²) >= 11 is 0. The molecule has 5 heterocycles. The van der Waals surface area contributed by atoms with Crippen molar-refractivity contribution >= 4 is 47.3 Å². The molecular formula is C69H123N9O37. The monoisotopic (exact) mass is 1670 g/mol. The van der Waals surface area contributed by atoms with Gasteiger partial charge in [-0.05, 0) is 57.8 Å². The van der Waals surface area contributed by atoms with E-state index in [1.807, 2.05) is 0 Å². The van der Waals surface area contributed by atoms with Gasteiger partial charge < -0.3 is 181 Å². The van der Waals surface area contributed by atoms with Crippen LogP contribution >= 0.6 is 0 Å². The summed E-state index contributed by atoms with van der Waals surface area (Å²) in [6.45, 7) is -5.00. The Morgan fingerprint density at radius 1 is 0.313 bits per heavy atom. The Kier molecular flexibility index (Phi) is 47.0. The Morgan fingerprint density at radius 2 is 0.643 bits per heavy atom. The number of ether oxygens (including phenoxy) is 10. The van der Waals surface area contributed by atoms with Crippen molar-refractivity contribution in [2.24, 2.45) is 0 Å². The molecule has 5 saturated heterocycles. The van der Waals surface area contributed by atoms with Crippen molar-refractivity contribution in [2.75, 3.05) is 138 Å². The lowest BCUT2D eigenvalue weighted by Gasteiger charge is -2.46. The maximum absolute atomic E-state index is 13.4. The van der Waals surface area contributed by atoms with E-state index in [0.29, 0.717) is 83.6 Å². The van der Waals surface area contributed by atoms with Gasteiger partial charge in [0.15, 0.2) is 31.5 Å². The van der Waals surface area contributed by atoms with Crippen LogP contribution < -0.4 is 37.2 Å². The predicted molar refractivity (Wildman–Crippen MR) is 385 cm³/mol. The molecule has 666 valence electrons. The van der Waals surface area contributed by atoms with E-state index in [4.69, 9.17) is 52.5 Å². The summed E-state index contributed by atoms with van der Waals surface area (Å²) in [5.41, 5.74) is 0. The molecule has 5 aliphatic heterocycles. The fourth-order valence-corrected chi connectivity index (χ4v) is 12.7. The van der Waals surface area contributed by atoms with Crippen molar-refractivity contribution in [3.63, 3.8) is 0 Å². The average Bonchev–Trinajstić information content (AvgIpc) is 0.795. The molecule has 115 heavy (non-hydrogen) atoms. The van der Waals surface area contributed by atoms with Gasteiger partial charge in [-0.25, -0.2) is 0 Å². The summed E-state index contributed by atoms with van der Waals surface area (Å²) in [7, 11) is 0. The Morgan fingerprint density at radius 3 is 1.05 bits per heavy atom. The molecule has 46 heteroatoms. The van der Waals surface area contributed by atoms with Crippen LogP contribution in [0, 0.1) is 0 Å². The largest absolute Gasteiger partial charge is 0.481 e. The molecule has 0 saturated carbocycles. The van der Waals surface area contributed by atoms with Crippen LogP contribution in [0.25, 0.3) is 0 Å². The highest BCUT2D eigenvalue weighted by Crippen LogP contribution is 2.32. The maximum atomic E-state index is 13.4. The molecule has 7 amide bonds. The fraction of sp³-hybridized carbons (Fsp3) is 0.884. The molecule has 5 aliphatic rings. The molecule has 0 radical (unpaired) electrons. The van der Waals surface area contributed by atoms with Crippen molar-refractivity contribution < 1.29 is 183 Å². The third kappa shape index (κ3) is 34.3. The Bertz CT molecular complexity index is 2800. The van der Waals surface area contributed by atoms with E-state index in [9.17, 15) is 130 Å². The van der Waals surface area contributed by atoms with Gasteiger partial charge in [0.2, 0.25) is 41.4 Å². The van der Waals surface area contributed by atoms with Gasteiger partial charge in [0, 0.05) is 71.6 Å². The van der Waals surface area contributed by atoms with Crippen LogP contribution in [-0.2, 0) is 85.7 Å². The maximum Gasteiger partial charge on any atom is 0.303 e. The standard InChI is InChI=1S/C69H123N9O37/c79-32-37-50(92)55(97)59(101)65(110-37)107-25-22-78(23-26-108-66-60(102)56(98)51(93)38(33-80)111-66)48(89)14-6-2-9-16-71-43(84)27-70-28-44(85)72-17-11-4-12-20-75-47(88)31-77(30-46(87)74-19-10-3-7-15-49(90)91)29-45(86)73-18-8-1-5-13-42(83)76-21-24-106-68-63(105)64(115-69-62(104)58(100)53(95)40(35-82)113-69)54(96)41(114-68)36-109-67-61(103)57(99)52(94)39(34-81)112-67/h37-41,50-70,79-82,92-105H,1-36H2,(H,71,84)(H,72,85)(H,73,86)(H,74,87)(H,75,88)(H,76,83)(H,90,91)/t37-,38-,39-,40-,41-,50-,51-,52-,53-,54-,55+,56+,57+,58+,59+,60+,61+,62+,63+,64+,65+,66+,67+,68+,69-/m1/s1. The van der Waals surface area contributed by atoms with E-state index in [-0.39, 0.29) is 135 Å². The summed E-state index contributed by atoms with van der Waals surface area (Å²) < 4.78 is 55.4. The highest BCUT2D eigenvalue weighted by molar-refractivity contribution is 5.84. The van der Waals surface area contributed by atoms with E-state index in [2.05, 4.69) is 37.2 Å². The fourth-order valence-electron chi connectivity index (χ4n) is 12.7. The summed E-state index contributed by atoms with van der Waals surface area (Å²) in [6, 6.07) is 0. The molecule has 5 fully saturated rings. The lowest BCUT2D eigenvalue weighted by atomic mass is 9.96. The number of hydrogen-bond donors (Lipinski definition) is 26. The quantitative estimate of drug-likeness (QED) is 0.0251. The highest BCUT2D eigenvalue weighted by atomic mass is 16.8. The first-order chi connectivity index (χ1) is 54.9. The number of unbranched alkanes of at least 4 members (excludes halogenated alkanes) is 8. The van der Waals surface area contributed by atoms with Crippen LogP contribution in [0.3, 0.4) is 0 Å². The summed E-state index contributed by atoms with van der Waals surface area (Å²) in [6.07, 6.45) is -35.7. The van der Waals surface area contributed by atoms with E-state index in [1.54, 1.807) is 0 Å². The number of aliphatic hydroxyl groups excluding tert-OH is 18. The number of hydrogen-bond acceptors (Lipinski definition) is 38. The van der Waals surface area contributed by atoms with E-state index < -0.39 is 216 Å². The van der Waals surface area contributed by atoms with Crippen LogP contribution in [0.5, 0.6) is 0 Å². The molecule has 0 bridgehead atoms. The van der Waals surface area contributed by atoms with Gasteiger partial charge in [-0.1, -0.05) is 19.3 Å². The average molecular weight is 1670 g/mol. The van der Waals surface area contributed by atoms with Crippen LogP contribution in [-0.4, -0.2) is 446 Å². The minimum Gasteiger partial charge on any atom is -0.481 e. The smallest absolute Gasteiger partial charge is 0.303 e. The first-order valence-corrected chi connectivity index (χ1v) is 38.8. The molecule has 0 spiro atoms. The molecule has 0 aromatic heterocycles. The second-order valence-corrected chi connectivity index (χ2v) is 28.5. The normalized spacial score (nSPS) is 31.6. The third-order valence-corrected chi connectivity index (χ3v) is 19.5. The molecule has 0 aliphatic carbocycles. The molecule has 46 nitrogen and oxygen atoms in total. The summed E-state index contributed by atoms with van der Waals surface area (Å²) in [5, 5.41) is 212. The first-order valence-electron chi connectivity index (χ1n) is 38.8. The molecule has 26 N–H and O–H groups in total. The van der Waals surface area contributed by atoms with Gasteiger partial charge >= 0.3 is 5.97 Å². The van der Waals surface area contributed by atoms with E-state index >= 15 is 0 Å². The Balaban J connectivity index is 0.946. The minimum atomic E-state index is -1.96. The minimum absolute atomic E-state index is 0.0216. The molecule has 0 aromatic rings. The van der Waals surface area contributed by atoms with E-state index in [1.165, 1.54) is 9.80 Å². The Hall–Kier alpha value is -5.44. The molecule has 0 aromatic carbocycles. The number of carbonyl (C=O) groups excluding carboxylic acids is 7. The number of aliphatic hydroxyl groups is 18. The summed E-state index contributed by atoms with van der Waals surface area (Å²) in [5.74, 6) is -3.93. The zero-order valence-corrected chi connectivity index (χ0v) is 64.1. The van der Waals surface area contributed by atoms with Crippen LogP contribution in [0.2, 0.25) is 0 Å². The number of nitrogens with zero attached hydrogens (tertiary/aromatic N) is 2. The number of amides is 7. The second kappa shape index (κ2) is 54.0. The van der Waals surface area contributed by atoms with Crippen LogP contribution in [0.4, 0.5) is 0 Å². The molecule has 25 atom stereocenters. The number of aliphatic carboxylic acids is 1. The number of carboxylic acids is 1. The van der Waals surface area contributed by atoms with Gasteiger partial charge in [0.05, 0.1) is 85.6 Å². The molecular weight excluding hydrogens is 1550 g/mol. The Labute approximate surface area is 662 Å². The molecule has 0 unspecified atom stereocenters. The highest BCUT2D eigenvalue weighted by Gasteiger charge is 2.53. The van der Waals surface area contributed by atoms with Crippen molar-refractivity contribution in [3.05, 3.63) is 0 Å². The lowest BCUT2D eigenvalue weighted by molar-refractivity contribution is -0.366. The second-order valence-electron chi connectivity index (χ2n) is 28.5.